The molecule has 9 rings (SSSR count). The Morgan fingerprint density at radius 1 is 0.365 bits per heavy atom. The summed E-state index contributed by atoms with van der Waals surface area (Å²) in [5, 5.41) is 49.8. The van der Waals surface area contributed by atoms with Gasteiger partial charge in [0.1, 0.15) is 46.5 Å². The SMILES string of the molecule is Bc1cc2c(-c3cc(O)c(-c4cccc5c4sc4c(-c6ccc(O)cc6)cccc45)cc3B)c3cc(B)c(O)cc3c(-c3ccccc3)c2cc1O. The van der Waals surface area contributed by atoms with Crippen LogP contribution in [-0.4, -0.2) is 44.0 Å². The van der Waals surface area contributed by atoms with E-state index in [0.717, 1.165) is 103 Å². The Labute approximate surface area is 307 Å². The van der Waals surface area contributed by atoms with Crippen molar-refractivity contribution in [2.75, 3.05) is 0 Å². The van der Waals surface area contributed by atoms with Crippen LogP contribution in [0.1, 0.15) is 0 Å². The molecule has 0 radical (unpaired) electrons. The Balaban J connectivity index is 1.30. The zero-order valence-corrected chi connectivity index (χ0v) is 29.6. The minimum atomic E-state index is 0.170. The number of benzene rings is 8. The normalized spacial score (nSPS) is 11.6. The van der Waals surface area contributed by atoms with Gasteiger partial charge in [-0.05, 0) is 96.2 Å². The van der Waals surface area contributed by atoms with Crippen molar-refractivity contribution >= 4 is 93.0 Å². The van der Waals surface area contributed by atoms with E-state index in [0.29, 0.717) is 0 Å². The van der Waals surface area contributed by atoms with Gasteiger partial charge in [0.25, 0.3) is 0 Å². The molecule has 0 fully saturated rings. The summed E-state index contributed by atoms with van der Waals surface area (Å²) in [5.41, 5.74) is 10.1. The summed E-state index contributed by atoms with van der Waals surface area (Å²) in [7, 11) is 5.88. The molecular formula is C44H31B3O4S. The molecule has 0 aliphatic rings. The second-order valence-corrected chi connectivity index (χ2v) is 14.7. The predicted octanol–water partition coefficient (Wildman–Crippen LogP) is 6.63. The maximum atomic E-state index is 12.0. The summed E-state index contributed by atoms with van der Waals surface area (Å²) in [6.45, 7) is 0. The predicted molar refractivity (Wildman–Crippen MR) is 227 cm³/mol. The molecule has 0 bridgehead atoms. The van der Waals surface area contributed by atoms with Crippen LogP contribution >= 0.6 is 11.3 Å². The Morgan fingerprint density at radius 3 is 1.54 bits per heavy atom. The molecule has 0 aliphatic heterocycles. The molecule has 52 heavy (non-hydrogen) atoms. The van der Waals surface area contributed by atoms with Crippen LogP contribution in [-0.2, 0) is 0 Å². The molecule has 246 valence electrons. The van der Waals surface area contributed by atoms with E-state index in [4.69, 9.17) is 0 Å². The molecular weight excluding hydrogens is 657 g/mol. The van der Waals surface area contributed by atoms with E-state index in [2.05, 4.69) is 56.4 Å². The third-order valence-corrected chi connectivity index (χ3v) is 11.7. The van der Waals surface area contributed by atoms with Crippen LogP contribution in [0.2, 0.25) is 0 Å². The van der Waals surface area contributed by atoms with E-state index in [1.807, 2.05) is 82.4 Å². The number of thiophene rings is 1. The zero-order valence-electron chi connectivity index (χ0n) is 28.8. The molecule has 0 spiro atoms. The van der Waals surface area contributed by atoms with Crippen molar-refractivity contribution in [1.29, 1.82) is 0 Å². The number of hydrogen-bond donors (Lipinski definition) is 4. The Morgan fingerprint density at radius 2 is 0.923 bits per heavy atom. The fourth-order valence-electron chi connectivity index (χ4n) is 7.80. The first-order valence-electron chi connectivity index (χ1n) is 17.2. The Hall–Kier alpha value is -6.11. The lowest BCUT2D eigenvalue weighted by Crippen LogP contribution is -2.11. The highest BCUT2D eigenvalue weighted by Gasteiger charge is 2.23. The fourth-order valence-corrected chi connectivity index (χ4v) is 9.16. The fraction of sp³-hybridized carbons (Fsp3) is 0. The lowest BCUT2D eigenvalue weighted by atomic mass is 9.77. The van der Waals surface area contributed by atoms with Crippen LogP contribution in [0.5, 0.6) is 23.0 Å². The first-order valence-corrected chi connectivity index (χ1v) is 18.1. The molecule has 8 aromatic carbocycles. The molecule has 0 atom stereocenters. The van der Waals surface area contributed by atoms with Gasteiger partial charge in [0.15, 0.2) is 0 Å². The van der Waals surface area contributed by atoms with E-state index in [1.165, 1.54) is 0 Å². The van der Waals surface area contributed by atoms with Gasteiger partial charge in [0, 0.05) is 31.3 Å². The average molecular weight is 688 g/mol. The summed E-state index contributed by atoms with van der Waals surface area (Å²) in [6.07, 6.45) is 0. The molecule has 4 nitrogen and oxygen atoms in total. The van der Waals surface area contributed by atoms with Crippen LogP contribution in [0.15, 0.2) is 127 Å². The summed E-state index contributed by atoms with van der Waals surface area (Å²) < 4.78 is 2.24. The first-order chi connectivity index (χ1) is 25.2. The van der Waals surface area contributed by atoms with Crippen LogP contribution < -0.4 is 16.4 Å². The van der Waals surface area contributed by atoms with Gasteiger partial charge in [-0.1, -0.05) is 103 Å². The largest absolute Gasteiger partial charge is 0.509 e. The molecule has 8 heteroatoms. The number of hydrogen-bond acceptors (Lipinski definition) is 5. The second-order valence-electron chi connectivity index (χ2n) is 13.7. The van der Waals surface area contributed by atoms with Gasteiger partial charge >= 0.3 is 0 Å². The number of phenols is 4. The van der Waals surface area contributed by atoms with Gasteiger partial charge in [-0.2, -0.15) is 0 Å². The minimum absolute atomic E-state index is 0.170. The average Bonchev–Trinajstić information content (AvgIpc) is 3.53. The van der Waals surface area contributed by atoms with E-state index < -0.39 is 0 Å². The molecule has 1 aromatic heterocycles. The Kier molecular flexibility index (Phi) is 7.35. The molecule has 1 heterocycles. The van der Waals surface area contributed by atoms with Gasteiger partial charge in [-0.15, -0.1) is 11.3 Å². The van der Waals surface area contributed by atoms with Crippen molar-refractivity contribution in [3.63, 3.8) is 0 Å². The highest BCUT2D eigenvalue weighted by molar-refractivity contribution is 7.26. The van der Waals surface area contributed by atoms with Crippen molar-refractivity contribution < 1.29 is 20.4 Å². The van der Waals surface area contributed by atoms with Crippen LogP contribution in [0, 0.1) is 0 Å². The summed E-state index contributed by atoms with van der Waals surface area (Å²) >= 11 is 1.71. The van der Waals surface area contributed by atoms with Gasteiger partial charge in [-0.25, -0.2) is 0 Å². The highest BCUT2D eigenvalue weighted by atomic mass is 32.1. The third kappa shape index (κ3) is 4.94. The van der Waals surface area contributed by atoms with Crippen molar-refractivity contribution in [1.82, 2.24) is 0 Å². The lowest BCUT2D eigenvalue weighted by molar-refractivity contribution is 0.475. The van der Waals surface area contributed by atoms with Gasteiger partial charge in [0.05, 0.1) is 0 Å². The molecule has 0 amide bonds. The Bertz CT molecular complexity index is 2850. The standard InChI is InChI=1S/C44H31B3O4S/c45-35-16-29(28-11-5-10-27-26-9-4-8-25(43(26)52-44(27)28)22-12-14-24(48)15-13-22)38(49)21-34(35)42-30-17-36(46)39(50)19-32(30)41(23-6-2-1-3-7-23)33-20-40(51)37(47)18-31(33)42/h1-21,48-51H,45-47H2. The van der Waals surface area contributed by atoms with Crippen LogP contribution in [0.4, 0.5) is 0 Å². The lowest BCUT2D eigenvalue weighted by Gasteiger charge is -2.21. The molecule has 4 N–H and O–H groups in total. The van der Waals surface area contributed by atoms with Crippen molar-refractivity contribution in [2.24, 2.45) is 0 Å². The zero-order chi connectivity index (χ0) is 35.8. The van der Waals surface area contributed by atoms with Gasteiger partial charge < -0.3 is 20.4 Å². The maximum absolute atomic E-state index is 12.0. The monoisotopic (exact) mass is 688 g/mol. The smallest absolute Gasteiger partial charge is 0.144 e. The minimum Gasteiger partial charge on any atom is -0.509 e. The number of phenolic OH excluding ortho intramolecular Hbond substituents is 4. The second kappa shape index (κ2) is 12.0. The van der Waals surface area contributed by atoms with Crippen molar-refractivity contribution in [3.05, 3.63) is 127 Å². The number of fused-ring (bicyclic) bond motifs is 5. The van der Waals surface area contributed by atoms with Crippen molar-refractivity contribution in [2.45, 2.75) is 0 Å². The third-order valence-electron chi connectivity index (χ3n) is 10.4. The number of aromatic hydroxyl groups is 4. The molecule has 0 saturated heterocycles. The van der Waals surface area contributed by atoms with Gasteiger partial charge in [0.2, 0.25) is 0 Å². The van der Waals surface area contributed by atoms with Crippen LogP contribution in [0.3, 0.4) is 0 Å². The quantitative estimate of drug-likeness (QED) is 0.124. The van der Waals surface area contributed by atoms with E-state index in [-0.39, 0.29) is 23.0 Å². The van der Waals surface area contributed by atoms with Crippen molar-refractivity contribution in [3.8, 4) is 67.5 Å². The molecule has 0 aliphatic carbocycles. The maximum Gasteiger partial charge on any atom is 0.144 e. The van der Waals surface area contributed by atoms with E-state index >= 15 is 0 Å². The van der Waals surface area contributed by atoms with Gasteiger partial charge in [-0.3, -0.25) is 0 Å². The summed E-state index contributed by atoms with van der Waals surface area (Å²) in [5.74, 6) is 0.805. The van der Waals surface area contributed by atoms with E-state index in [1.54, 1.807) is 23.5 Å². The topological polar surface area (TPSA) is 80.9 Å². The molecule has 0 saturated carbocycles. The summed E-state index contributed by atoms with van der Waals surface area (Å²) in [4.78, 5) is 0. The first kappa shape index (κ1) is 31.8. The molecule has 9 aromatic rings. The number of rotatable bonds is 4. The van der Waals surface area contributed by atoms with Crippen LogP contribution in [0.25, 0.3) is 86.2 Å². The van der Waals surface area contributed by atoms with E-state index in [9.17, 15) is 20.4 Å². The highest BCUT2D eigenvalue weighted by Crippen LogP contribution is 2.48. The summed E-state index contributed by atoms with van der Waals surface area (Å²) in [6, 6.07) is 41.6. The molecule has 0 unspecified atom stereocenters.